The topological polar surface area (TPSA) is 60.9 Å². The maximum Gasteiger partial charge on any atom is 0.411 e. The van der Waals surface area contributed by atoms with Crippen LogP contribution in [-0.4, -0.2) is 47.4 Å². The fourth-order valence-corrected chi connectivity index (χ4v) is 1.67. The zero-order valence-corrected chi connectivity index (χ0v) is 10.1. The highest BCUT2D eigenvalue weighted by Gasteiger charge is 2.39. The van der Waals surface area contributed by atoms with Gasteiger partial charge in [-0.25, -0.2) is 4.79 Å². The molecule has 0 spiro atoms. The minimum Gasteiger partial charge on any atom is -0.465 e. The third kappa shape index (κ3) is 2.35. The second-order valence-corrected chi connectivity index (χ2v) is 4.88. The summed E-state index contributed by atoms with van der Waals surface area (Å²) < 4.78 is 0. The van der Waals surface area contributed by atoms with Crippen molar-refractivity contribution in [2.45, 2.75) is 20.3 Å². The van der Waals surface area contributed by atoms with Crippen molar-refractivity contribution in [1.29, 1.82) is 0 Å². The van der Waals surface area contributed by atoms with E-state index < -0.39 is 11.5 Å². The van der Waals surface area contributed by atoms with Gasteiger partial charge in [0.05, 0.1) is 0 Å². The molecular formula is C11H18N2O3. The van der Waals surface area contributed by atoms with Crippen LogP contribution in [0.5, 0.6) is 0 Å². The molecule has 1 amide bonds. The molecule has 0 radical (unpaired) electrons. The molecule has 0 unspecified atom stereocenters. The van der Waals surface area contributed by atoms with Crippen molar-refractivity contribution in [1.82, 2.24) is 9.80 Å². The van der Waals surface area contributed by atoms with E-state index in [0.717, 1.165) is 4.90 Å². The number of hydrogen-bond donors (Lipinski definition) is 1. The summed E-state index contributed by atoms with van der Waals surface area (Å²) in [6.45, 7) is 4.06. The summed E-state index contributed by atoms with van der Waals surface area (Å²) in [4.78, 5) is 25.9. The number of allylic oxidation sites excluding steroid dienone is 1. The van der Waals surface area contributed by atoms with Crippen LogP contribution in [-0.2, 0) is 4.79 Å². The predicted octanol–water partition coefficient (Wildman–Crippen LogP) is 1.37. The Balaban J connectivity index is 3.10. The van der Waals surface area contributed by atoms with Crippen LogP contribution in [0.1, 0.15) is 20.3 Å². The molecule has 1 aliphatic rings. The largest absolute Gasteiger partial charge is 0.465 e. The summed E-state index contributed by atoms with van der Waals surface area (Å²) >= 11 is 0. The van der Waals surface area contributed by atoms with E-state index in [-0.39, 0.29) is 11.5 Å². The van der Waals surface area contributed by atoms with Gasteiger partial charge in [-0.05, 0) is 6.42 Å². The van der Waals surface area contributed by atoms with Crippen molar-refractivity contribution in [3.05, 3.63) is 11.9 Å². The highest BCUT2D eigenvalue weighted by atomic mass is 16.4. The molecular weight excluding hydrogens is 208 g/mol. The van der Waals surface area contributed by atoms with Crippen molar-refractivity contribution >= 4 is 11.9 Å². The molecule has 16 heavy (non-hydrogen) atoms. The minimum atomic E-state index is -1.07. The molecule has 1 aliphatic heterocycles. The summed E-state index contributed by atoms with van der Waals surface area (Å²) in [5.74, 6) is -0.116. The molecule has 0 saturated carbocycles. The van der Waals surface area contributed by atoms with E-state index in [1.54, 1.807) is 25.2 Å². The van der Waals surface area contributed by atoms with Gasteiger partial charge in [-0.3, -0.25) is 9.69 Å². The number of carbonyl (C=O) groups is 2. The quantitative estimate of drug-likeness (QED) is 0.686. The summed E-state index contributed by atoms with van der Waals surface area (Å²) in [5, 5.41) is 9.02. The number of Topliss-reactive ketones (excluding diaryl/α,β-unsaturated/α-hetero) is 1. The van der Waals surface area contributed by atoms with Gasteiger partial charge in [0.2, 0.25) is 0 Å². The Morgan fingerprint density at radius 2 is 2.06 bits per heavy atom. The number of carboxylic acid groups (broad SMARTS) is 1. The van der Waals surface area contributed by atoms with Crippen molar-refractivity contribution in [2.75, 3.05) is 20.6 Å². The maximum absolute atomic E-state index is 12.1. The Morgan fingerprint density at radius 1 is 1.50 bits per heavy atom. The van der Waals surface area contributed by atoms with Crippen LogP contribution in [0.3, 0.4) is 0 Å². The Labute approximate surface area is 95.3 Å². The molecule has 90 valence electrons. The van der Waals surface area contributed by atoms with Crippen molar-refractivity contribution in [3.63, 3.8) is 0 Å². The average Bonchev–Trinajstić information content (AvgIpc) is 2.12. The number of carbonyl (C=O) groups excluding carboxylic acids is 1. The van der Waals surface area contributed by atoms with Gasteiger partial charge in [0, 0.05) is 32.3 Å². The van der Waals surface area contributed by atoms with Crippen LogP contribution in [0.25, 0.3) is 0 Å². The Kier molecular flexibility index (Phi) is 3.26. The van der Waals surface area contributed by atoms with Gasteiger partial charge in [0.1, 0.15) is 5.70 Å². The van der Waals surface area contributed by atoms with Gasteiger partial charge in [-0.2, -0.15) is 0 Å². The lowest BCUT2D eigenvalue weighted by molar-refractivity contribution is -0.127. The molecule has 0 bridgehead atoms. The summed E-state index contributed by atoms with van der Waals surface area (Å²) in [5.41, 5.74) is -0.220. The number of hydrogen-bond acceptors (Lipinski definition) is 3. The van der Waals surface area contributed by atoms with Crippen molar-refractivity contribution in [2.24, 2.45) is 5.41 Å². The van der Waals surface area contributed by atoms with Crippen LogP contribution in [0.2, 0.25) is 0 Å². The summed E-state index contributed by atoms with van der Waals surface area (Å²) in [6.07, 6.45) is 1.05. The van der Waals surface area contributed by atoms with E-state index in [0.29, 0.717) is 13.0 Å². The Hall–Kier alpha value is -1.52. The lowest BCUT2D eigenvalue weighted by Gasteiger charge is -2.36. The van der Waals surface area contributed by atoms with Gasteiger partial charge in [-0.15, -0.1) is 0 Å². The van der Waals surface area contributed by atoms with E-state index in [1.165, 1.54) is 0 Å². The number of rotatable bonds is 1. The number of ketones is 1. The SMILES string of the molecule is CN(C)/C=C1\C(=O)C(C)(C)CCN1C(=O)O. The Bertz CT molecular complexity index is 345. The maximum atomic E-state index is 12.1. The molecule has 0 aromatic rings. The van der Waals surface area contributed by atoms with E-state index in [2.05, 4.69) is 0 Å². The van der Waals surface area contributed by atoms with Crippen LogP contribution in [0.4, 0.5) is 4.79 Å². The monoisotopic (exact) mass is 226 g/mol. The van der Waals surface area contributed by atoms with Crippen LogP contribution in [0.15, 0.2) is 11.9 Å². The number of nitrogens with zero attached hydrogens (tertiary/aromatic N) is 2. The van der Waals surface area contributed by atoms with E-state index in [4.69, 9.17) is 5.11 Å². The van der Waals surface area contributed by atoms with Crippen molar-refractivity contribution < 1.29 is 14.7 Å². The minimum absolute atomic E-state index is 0.116. The average molecular weight is 226 g/mol. The number of amides is 1. The van der Waals surface area contributed by atoms with E-state index >= 15 is 0 Å². The van der Waals surface area contributed by atoms with Gasteiger partial charge in [0.25, 0.3) is 0 Å². The van der Waals surface area contributed by atoms with Gasteiger partial charge >= 0.3 is 6.09 Å². The first kappa shape index (κ1) is 12.5. The highest BCUT2D eigenvalue weighted by Crippen LogP contribution is 2.32. The molecule has 0 aliphatic carbocycles. The third-order valence-electron chi connectivity index (χ3n) is 2.71. The lowest BCUT2D eigenvalue weighted by atomic mass is 9.80. The van der Waals surface area contributed by atoms with Crippen LogP contribution in [0, 0.1) is 5.41 Å². The molecule has 5 heteroatoms. The standard InChI is InChI=1S/C11H18N2O3/c1-11(2)5-6-13(10(15)16)8(9(11)14)7-12(3)4/h7H,5-6H2,1-4H3,(H,15,16)/b8-7+. The fraction of sp³-hybridized carbons (Fsp3) is 0.636. The number of piperidine rings is 1. The highest BCUT2D eigenvalue weighted by molar-refractivity contribution is 6.02. The molecule has 0 aromatic carbocycles. The molecule has 1 fully saturated rings. The van der Waals surface area contributed by atoms with Crippen LogP contribution >= 0.6 is 0 Å². The predicted molar refractivity (Wildman–Crippen MR) is 59.9 cm³/mol. The first-order valence-electron chi connectivity index (χ1n) is 5.19. The molecule has 0 atom stereocenters. The molecule has 1 saturated heterocycles. The first-order valence-corrected chi connectivity index (χ1v) is 5.19. The van der Waals surface area contributed by atoms with Crippen LogP contribution < -0.4 is 0 Å². The summed E-state index contributed by atoms with van der Waals surface area (Å²) in [7, 11) is 3.53. The normalized spacial score (nSPS) is 22.4. The summed E-state index contributed by atoms with van der Waals surface area (Å²) in [6, 6.07) is 0. The molecule has 1 N–H and O–H groups in total. The molecule has 1 heterocycles. The number of likely N-dealkylation sites (tertiary alicyclic amines) is 1. The van der Waals surface area contributed by atoms with E-state index in [9.17, 15) is 9.59 Å². The molecule has 5 nitrogen and oxygen atoms in total. The smallest absolute Gasteiger partial charge is 0.411 e. The zero-order chi connectivity index (χ0) is 12.5. The second-order valence-electron chi connectivity index (χ2n) is 4.88. The van der Waals surface area contributed by atoms with Crippen molar-refractivity contribution in [3.8, 4) is 0 Å². The lowest BCUT2D eigenvalue weighted by Crippen LogP contribution is -2.46. The zero-order valence-electron chi connectivity index (χ0n) is 10.1. The Morgan fingerprint density at radius 3 is 2.50 bits per heavy atom. The first-order chi connectivity index (χ1) is 7.25. The van der Waals surface area contributed by atoms with Gasteiger partial charge < -0.3 is 10.0 Å². The molecule has 1 rings (SSSR count). The third-order valence-corrected chi connectivity index (χ3v) is 2.71. The fourth-order valence-electron chi connectivity index (χ4n) is 1.67. The van der Waals surface area contributed by atoms with E-state index in [1.807, 2.05) is 13.8 Å². The second kappa shape index (κ2) is 4.15. The van der Waals surface area contributed by atoms with Gasteiger partial charge in [-0.1, -0.05) is 13.8 Å². The molecule has 0 aromatic heterocycles. The van der Waals surface area contributed by atoms with Gasteiger partial charge in [0.15, 0.2) is 5.78 Å².